The van der Waals surface area contributed by atoms with Gasteiger partial charge in [0.2, 0.25) is 5.89 Å². The van der Waals surface area contributed by atoms with E-state index >= 15 is 0 Å². The molecule has 1 aliphatic rings. The highest BCUT2D eigenvalue weighted by atomic mass is 19.4. The number of rotatable bonds is 4. The van der Waals surface area contributed by atoms with Gasteiger partial charge in [-0.2, -0.15) is 13.2 Å². The zero-order chi connectivity index (χ0) is 25.4. The number of halogens is 3. The summed E-state index contributed by atoms with van der Waals surface area (Å²) in [5.74, 6) is 0.418. The van der Waals surface area contributed by atoms with E-state index in [1.165, 1.54) is 12.1 Å². The van der Waals surface area contributed by atoms with Crippen molar-refractivity contribution < 1.29 is 22.4 Å². The second-order valence-corrected chi connectivity index (χ2v) is 9.04. The standard InChI is InChI=1S/C27H25F3N4O2/c1-33(2)21-11-8-17(9-12-21)18-10-13-24-22(15-18)32-25(36-24)23-7-4-14-34(23)26(35)31-20-6-3-5-19(16-20)27(28,29)30/h3,5-6,8-13,15-16,23H,4,7,14H2,1-2H3,(H,31,35). The van der Waals surface area contributed by atoms with Gasteiger partial charge in [-0.3, -0.25) is 0 Å². The number of aromatic nitrogens is 1. The fourth-order valence-corrected chi connectivity index (χ4v) is 4.45. The van der Waals surface area contributed by atoms with Crippen molar-refractivity contribution in [2.24, 2.45) is 0 Å². The number of benzene rings is 3. The Hall–Kier alpha value is -4.01. The van der Waals surface area contributed by atoms with E-state index in [-0.39, 0.29) is 5.69 Å². The Labute approximate surface area is 206 Å². The number of hydrogen-bond acceptors (Lipinski definition) is 4. The molecule has 9 heteroatoms. The molecule has 2 amide bonds. The van der Waals surface area contributed by atoms with Crippen molar-refractivity contribution in [3.63, 3.8) is 0 Å². The van der Waals surface area contributed by atoms with Crippen molar-refractivity contribution in [3.05, 3.63) is 78.2 Å². The number of nitrogens with one attached hydrogen (secondary N) is 1. The number of nitrogens with zero attached hydrogens (tertiary/aromatic N) is 3. The monoisotopic (exact) mass is 494 g/mol. The first-order valence-electron chi connectivity index (χ1n) is 11.6. The highest BCUT2D eigenvalue weighted by molar-refractivity contribution is 5.90. The summed E-state index contributed by atoms with van der Waals surface area (Å²) in [5.41, 5.74) is 3.72. The van der Waals surface area contributed by atoms with E-state index in [1.807, 2.05) is 61.5 Å². The quantitative estimate of drug-likeness (QED) is 0.334. The molecule has 6 nitrogen and oxygen atoms in total. The Morgan fingerprint density at radius 1 is 1.06 bits per heavy atom. The lowest BCUT2D eigenvalue weighted by atomic mass is 10.0. The Morgan fingerprint density at radius 2 is 1.81 bits per heavy atom. The SMILES string of the molecule is CN(C)c1ccc(-c2ccc3oc(C4CCCN4C(=O)Nc4cccc(C(F)(F)F)c4)nc3c2)cc1. The van der Waals surface area contributed by atoms with Crippen LogP contribution in [0.1, 0.15) is 30.3 Å². The third-order valence-corrected chi connectivity index (χ3v) is 6.36. The molecule has 0 aliphatic carbocycles. The van der Waals surface area contributed by atoms with E-state index in [0.29, 0.717) is 30.0 Å². The molecule has 0 saturated carbocycles. The topological polar surface area (TPSA) is 61.6 Å². The van der Waals surface area contributed by atoms with Gasteiger partial charge in [0.25, 0.3) is 0 Å². The van der Waals surface area contributed by atoms with Gasteiger partial charge in [0.15, 0.2) is 5.58 Å². The molecule has 1 atom stereocenters. The van der Waals surface area contributed by atoms with Crippen LogP contribution in [0.3, 0.4) is 0 Å². The first-order chi connectivity index (χ1) is 17.2. The van der Waals surface area contributed by atoms with Crippen LogP contribution in [-0.2, 0) is 6.18 Å². The van der Waals surface area contributed by atoms with Crippen molar-refractivity contribution in [3.8, 4) is 11.1 Å². The average molecular weight is 495 g/mol. The fraction of sp³-hybridized carbons (Fsp3) is 0.259. The predicted octanol–water partition coefficient (Wildman–Crippen LogP) is 6.95. The number of likely N-dealkylation sites (tertiary alicyclic amines) is 1. The van der Waals surface area contributed by atoms with Crippen molar-refractivity contribution in [2.45, 2.75) is 25.1 Å². The number of fused-ring (bicyclic) bond motifs is 1. The van der Waals surface area contributed by atoms with Crippen LogP contribution in [0, 0.1) is 0 Å². The van der Waals surface area contributed by atoms with E-state index in [0.717, 1.165) is 35.4 Å². The molecule has 1 aliphatic heterocycles. The lowest BCUT2D eigenvalue weighted by molar-refractivity contribution is -0.137. The second kappa shape index (κ2) is 9.22. The molecule has 1 unspecified atom stereocenters. The van der Waals surface area contributed by atoms with Gasteiger partial charge in [0, 0.05) is 32.0 Å². The van der Waals surface area contributed by atoms with Gasteiger partial charge in [-0.1, -0.05) is 24.3 Å². The van der Waals surface area contributed by atoms with Crippen molar-refractivity contribution in [2.75, 3.05) is 30.9 Å². The van der Waals surface area contributed by atoms with Crippen LogP contribution >= 0.6 is 0 Å². The molecule has 1 aromatic heterocycles. The molecule has 5 rings (SSSR count). The van der Waals surface area contributed by atoms with Crippen LogP contribution in [0.5, 0.6) is 0 Å². The molecular formula is C27H25F3N4O2. The van der Waals surface area contributed by atoms with E-state index in [9.17, 15) is 18.0 Å². The number of anilines is 2. The summed E-state index contributed by atoms with van der Waals surface area (Å²) >= 11 is 0. The van der Waals surface area contributed by atoms with E-state index in [2.05, 4.69) is 10.3 Å². The average Bonchev–Trinajstić information content (AvgIpc) is 3.50. The van der Waals surface area contributed by atoms with Crippen LogP contribution in [0.2, 0.25) is 0 Å². The summed E-state index contributed by atoms with van der Waals surface area (Å²) in [6.45, 7) is 0.456. The van der Waals surface area contributed by atoms with Crippen LogP contribution in [0.25, 0.3) is 22.2 Å². The van der Waals surface area contributed by atoms with Crippen LogP contribution in [0.4, 0.5) is 29.3 Å². The third kappa shape index (κ3) is 4.73. The van der Waals surface area contributed by atoms with Gasteiger partial charge in [-0.15, -0.1) is 0 Å². The maximum Gasteiger partial charge on any atom is 0.416 e. The molecule has 0 bridgehead atoms. The predicted molar refractivity (Wildman–Crippen MR) is 133 cm³/mol. The first kappa shape index (κ1) is 23.7. The molecule has 1 saturated heterocycles. The van der Waals surface area contributed by atoms with E-state index < -0.39 is 23.8 Å². The lowest BCUT2D eigenvalue weighted by Gasteiger charge is -2.23. The Morgan fingerprint density at radius 3 is 2.53 bits per heavy atom. The lowest BCUT2D eigenvalue weighted by Crippen LogP contribution is -2.34. The smallest absolute Gasteiger partial charge is 0.416 e. The maximum absolute atomic E-state index is 13.0. The molecule has 4 aromatic rings. The van der Waals surface area contributed by atoms with Crippen molar-refractivity contribution in [1.82, 2.24) is 9.88 Å². The minimum atomic E-state index is -4.48. The van der Waals surface area contributed by atoms with Gasteiger partial charge in [0.05, 0.1) is 5.56 Å². The molecule has 3 aromatic carbocycles. The number of oxazole rings is 1. The molecule has 1 N–H and O–H groups in total. The van der Waals surface area contributed by atoms with Gasteiger partial charge in [0.1, 0.15) is 11.6 Å². The van der Waals surface area contributed by atoms with Crippen molar-refractivity contribution in [1.29, 1.82) is 0 Å². The van der Waals surface area contributed by atoms with Gasteiger partial charge >= 0.3 is 12.2 Å². The summed E-state index contributed by atoms with van der Waals surface area (Å²) < 4.78 is 45.1. The fourth-order valence-electron chi connectivity index (χ4n) is 4.45. The summed E-state index contributed by atoms with van der Waals surface area (Å²) in [4.78, 5) is 21.2. The normalized spacial score (nSPS) is 15.9. The molecule has 0 radical (unpaired) electrons. The van der Waals surface area contributed by atoms with E-state index in [4.69, 9.17) is 4.42 Å². The number of carbonyl (C=O) groups excluding carboxylic acids is 1. The molecule has 1 fully saturated rings. The van der Waals surface area contributed by atoms with Crippen LogP contribution < -0.4 is 10.2 Å². The largest absolute Gasteiger partial charge is 0.438 e. The molecule has 186 valence electrons. The van der Waals surface area contributed by atoms with Crippen LogP contribution in [-0.4, -0.2) is 36.6 Å². The Balaban J connectivity index is 1.36. The van der Waals surface area contributed by atoms with Crippen LogP contribution in [0.15, 0.2) is 71.1 Å². The van der Waals surface area contributed by atoms with E-state index in [1.54, 1.807) is 4.90 Å². The first-order valence-corrected chi connectivity index (χ1v) is 11.6. The highest BCUT2D eigenvalue weighted by Crippen LogP contribution is 2.35. The molecule has 2 heterocycles. The third-order valence-electron chi connectivity index (χ3n) is 6.36. The molecule has 0 spiro atoms. The number of hydrogen-bond donors (Lipinski definition) is 1. The summed E-state index contributed by atoms with van der Waals surface area (Å²) in [7, 11) is 3.98. The molecular weight excluding hydrogens is 469 g/mol. The highest BCUT2D eigenvalue weighted by Gasteiger charge is 2.34. The summed E-state index contributed by atoms with van der Waals surface area (Å²) in [6, 6.07) is 17.7. The number of carbonyl (C=O) groups is 1. The number of amides is 2. The second-order valence-electron chi connectivity index (χ2n) is 9.04. The number of alkyl halides is 3. The van der Waals surface area contributed by atoms with Gasteiger partial charge in [-0.05, 0) is 66.4 Å². The zero-order valence-electron chi connectivity index (χ0n) is 19.8. The minimum absolute atomic E-state index is 0.0861. The maximum atomic E-state index is 13.0. The molecule has 36 heavy (non-hydrogen) atoms. The number of urea groups is 1. The summed E-state index contributed by atoms with van der Waals surface area (Å²) in [6.07, 6.45) is -3.09. The minimum Gasteiger partial charge on any atom is -0.438 e. The Kier molecular flexibility index (Phi) is 6.07. The zero-order valence-corrected chi connectivity index (χ0v) is 19.8. The Bertz CT molecular complexity index is 1400. The summed E-state index contributed by atoms with van der Waals surface area (Å²) in [5, 5.41) is 2.59. The van der Waals surface area contributed by atoms with Gasteiger partial charge < -0.3 is 19.5 Å². The van der Waals surface area contributed by atoms with Gasteiger partial charge in [-0.25, -0.2) is 9.78 Å². The van der Waals surface area contributed by atoms with Crippen molar-refractivity contribution >= 4 is 28.5 Å².